The van der Waals surface area contributed by atoms with Gasteiger partial charge < -0.3 is 15.1 Å². The van der Waals surface area contributed by atoms with Crippen LogP contribution in [0.3, 0.4) is 0 Å². The van der Waals surface area contributed by atoms with Crippen molar-refractivity contribution in [2.75, 3.05) is 50.0 Å². The number of anilines is 2. The highest BCUT2D eigenvalue weighted by Gasteiger charge is 2.41. The standard InChI is InChI=1S/C21H33N5O/c1-16(27)23-19-7-5-10-22-21(19)26-11-4-3-6-17-14-25(15-20(17)26)18-8-12-24(2)13-9-18/h5,7,10,17-18,20H,3-4,6,8-9,11-15H2,1-2H3,(H,23,27)/t17-,20+/m1/s1. The molecule has 0 saturated carbocycles. The molecular weight excluding hydrogens is 338 g/mol. The van der Waals surface area contributed by atoms with Crippen LogP contribution < -0.4 is 10.2 Å². The molecule has 0 radical (unpaired) electrons. The Morgan fingerprint density at radius 3 is 2.74 bits per heavy atom. The maximum absolute atomic E-state index is 11.7. The number of aromatic nitrogens is 1. The van der Waals surface area contributed by atoms with Gasteiger partial charge in [0.05, 0.1) is 5.69 Å². The minimum absolute atomic E-state index is 0.0324. The highest BCUT2D eigenvalue weighted by atomic mass is 16.1. The van der Waals surface area contributed by atoms with Gasteiger partial charge in [-0.15, -0.1) is 0 Å². The van der Waals surface area contributed by atoms with E-state index < -0.39 is 0 Å². The number of amides is 1. The summed E-state index contributed by atoms with van der Waals surface area (Å²) in [6.45, 7) is 7.39. The van der Waals surface area contributed by atoms with Crippen LogP contribution in [0.15, 0.2) is 18.3 Å². The third-order valence-corrected chi connectivity index (χ3v) is 6.63. The lowest BCUT2D eigenvalue weighted by atomic mass is 9.98. The molecule has 3 aliphatic heterocycles. The summed E-state index contributed by atoms with van der Waals surface area (Å²) in [5.74, 6) is 1.63. The van der Waals surface area contributed by atoms with E-state index in [1.54, 1.807) is 6.92 Å². The lowest BCUT2D eigenvalue weighted by Gasteiger charge is -2.36. The number of likely N-dealkylation sites (tertiary alicyclic amines) is 2. The predicted molar refractivity (Wildman–Crippen MR) is 109 cm³/mol. The SMILES string of the molecule is CC(=O)Nc1cccnc1N1CCCC[C@@H]2CN(C3CCN(C)CC3)C[C@@H]21. The summed E-state index contributed by atoms with van der Waals surface area (Å²) in [6.07, 6.45) is 8.24. The number of hydrogen-bond donors (Lipinski definition) is 1. The van der Waals surface area contributed by atoms with Gasteiger partial charge in [-0.25, -0.2) is 4.98 Å². The molecule has 4 heterocycles. The normalized spacial score (nSPS) is 28.0. The number of piperidine rings is 1. The molecule has 1 amide bonds. The van der Waals surface area contributed by atoms with Gasteiger partial charge in [-0.2, -0.15) is 0 Å². The summed E-state index contributed by atoms with van der Waals surface area (Å²) in [4.78, 5) is 24.0. The molecule has 148 valence electrons. The second kappa shape index (κ2) is 8.15. The van der Waals surface area contributed by atoms with E-state index in [0.717, 1.165) is 30.6 Å². The molecular formula is C21H33N5O. The van der Waals surface area contributed by atoms with Crippen LogP contribution >= 0.6 is 0 Å². The molecule has 27 heavy (non-hydrogen) atoms. The van der Waals surface area contributed by atoms with E-state index >= 15 is 0 Å². The fourth-order valence-electron chi connectivity index (χ4n) is 5.21. The van der Waals surface area contributed by atoms with Gasteiger partial charge in [0.2, 0.25) is 5.91 Å². The molecule has 0 unspecified atom stereocenters. The highest BCUT2D eigenvalue weighted by molar-refractivity contribution is 5.92. The molecule has 1 aromatic rings. The minimum Gasteiger partial charge on any atom is -0.350 e. The lowest BCUT2D eigenvalue weighted by Crippen LogP contribution is -2.45. The van der Waals surface area contributed by atoms with E-state index in [9.17, 15) is 4.79 Å². The molecule has 3 saturated heterocycles. The molecule has 3 fully saturated rings. The van der Waals surface area contributed by atoms with Crippen molar-refractivity contribution in [2.45, 2.75) is 51.1 Å². The first-order valence-electron chi connectivity index (χ1n) is 10.5. The molecule has 3 aliphatic rings. The van der Waals surface area contributed by atoms with Crippen molar-refractivity contribution < 1.29 is 4.79 Å². The second-order valence-electron chi connectivity index (χ2n) is 8.56. The van der Waals surface area contributed by atoms with Crippen LogP contribution in [0.25, 0.3) is 0 Å². The van der Waals surface area contributed by atoms with E-state index in [1.807, 2.05) is 18.3 Å². The molecule has 0 aliphatic carbocycles. The molecule has 0 bridgehead atoms. The summed E-state index contributed by atoms with van der Waals surface area (Å²) in [5, 5.41) is 2.99. The number of fused-ring (bicyclic) bond motifs is 1. The first-order chi connectivity index (χ1) is 13.1. The number of carbonyl (C=O) groups excluding carboxylic acids is 1. The number of nitrogens with one attached hydrogen (secondary N) is 1. The summed E-state index contributed by atoms with van der Waals surface area (Å²) >= 11 is 0. The third kappa shape index (κ3) is 4.11. The van der Waals surface area contributed by atoms with Gasteiger partial charge in [0.15, 0.2) is 5.82 Å². The van der Waals surface area contributed by atoms with Crippen molar-refractivity contribution in [3.63, 3.8) is 0 Å². The van der Waals surface area contributed by atoms with Crippen molar-refractivity contribution in [3.05, 3.63) is 18.3 Å². The van der Waals surface area contributed by atoms with E-state index in [2.05, 4.69) is 27.1 Å². The summed E-state index contributed by atoms with van der Waals surface area (Å²) in [6, 6.07) is 5.12. The van der Waals surface area contributed by atoms with Crippen LogP contribution in [-0.2, 0) is 4.79 Å². The maximum atomic E-state index is 11.7. The van der Waals surface area contributed by atoms with Gasteiger partial charge >= 0.3 is 0 Å². The van der Waals surface area contributed by atoms with Gasteiger partial charge in [0, 0.05) is 44.8 Å². The molecule has 1 N–H and O–H groups in total. The van der Waals surface area contributed by atoms with Crippen molar-refractivity contribution in [1.29, 1.82) is 0 Å². The van der Waals surface area contributed by atoms with Crippen LogP contribution in [0, 0.1) is 5.92 Å². The zero-order valence-electron chi connectivity index (χ0n) is 16.7. The first kappa shape index (κ1) is 18.7. The Kier molecular flexibility index (Phi) is 5.64. The number of carbonyl (C=O) groups is 1. The molecule has 2 atom stereocenters. The first-order valence-corrected chi connectivity index (χ1v) is 10.5. The number of hydrogen-bond acceptors (Lipinski definition) is 5. The Morgan fingerprint density at radius 2 is 1.96 bits per heavy atom. The molecule has 0 aromatic carbocycles. The van der Waals surface area contributed by atoms with Crippen LogP contribution in [0.1, 0.15) is 39.0 Å². The number of pyridine rings is 1. The minimum atomic E-state index is -0.0324. The summed E-state index contributed by atoms with van der Waals surface area (Å²) in [5.41, 5.74) is 0.850. The Bertz CT molecular complexity index is 658. The van der Waals surface area contributed by atoms with Crippen molar-refractivity contribution in [2.24, 2.45) is 5.92 Å². The van der Waals surface area contributed by atoms with Crippen molar-refractivity contribution in [1.82, 2.24) is 14.8 Å². The smallest absolute Gasteiger partial charge is 0.221 e. The monoisotopic (exact) mass is 371 g/mol. The third-order valence-electron chi connectivity index (χ3n) is 6.63. The largest absolute Gasteiger partial charge is 0.350 e. The Labute approximate surface area is 162 Å². The topological polar surface area (TPSA) is 51.7 Å². The average Bonchev–Trinajstić information content (AvgIpc) is 2.97. The fraction of sp³-hybridized carbons (Fsp3) is 0.714. The summed E-state index contributed by atoms with van der Waals surface area (Å²) in [7, 11) is 2.23. The van der Waals surface area contributed by atoms with Gasteiger partial charge in [0.1, 0.15) is 0 Å². The lowest BCUT2D eigenvalue weighted by molar-refractivity contribution is -0.114. The van der Waals surface area contributed by atoms with Crippen LogP contribution in [0.4, 0.5) is 11.5 Å². The second-order valence-corrected chi connectivity index (χ2v) is 8.56. The highest BCUT2D eigenvalue weighted by Crippen LogP contribution is 2.36. The average molecular weight is 372 g/mol. The van der Waals surface area contributed by atoms with Gasteiger partial charge in [-0.3, -0.25) is 9.69 Å². The van der Waals surface area contributed by atoms with Crippen LogP contribution in [0.2, 0.25) is 0 Å². The van der Waals surface area contributed by atoms with Crippen LogP contribution in [-0.4, -0.2) is 72.5 Å². The van der Waals surface area contributed by atoms with Gasteiger partial charge in [-0.05, 0) is 63.9 Å². The van der Waals surface area contributed by atoms with E-state index in [-0.39, 0.29) is 5.91 Å². The fourth-order valence-corrected chi connectivity index (χ4v) is 5.21. The van der Waals surface area contributed by atoms with E-state index in [4.69, 9.17) is 4.98 Å². The summed E-state index contributed by atoms with van der Waals surface area (Å²) < 4.78 is 0. The Balaban J connectivity index is 1.54. The zero-order valence-corrected chi connectivity index (χ0v) is 16.7. The van der Waals surface area contributed by atoms with E-state index in [1.165, 1.54) is 51.7 Å². The van der Waals surface area contributed by atoms with Crippen LogP contribution in [0.5, 0.6) is 0 Å². The van der Waals surface area contributed by atoms with Crippen molar-refractivity contribution in [3.8, 4) is 0 Å². The van der Waals surface area contributed by atoms with Gasteiger partial charge in [-0.1, -0.05) is 6.42 Å². The van der Waals surface area contributed by atoms with Gasteiger partial charge in [0.25, 0.3) is 0 Å². The number of rotatable bonds is 3. The van der Waals surface area contributed by atoms with E-state index in [0.29, 0.717) is 12.0 Å². The molecule has 6 nitrogen and oxygen atoms in total. The Hall–Kier alpha value is -1.66. The van der Waals surface area contributed by atoms with Crippen molar-refractivity contribution >= 4 is 17.4 Å². The predicted octanol–water partition coefficient (Wildman–Crippen LogP) is 2.42. The maximum Gasteiger partial charge on any atom is 0.221 e. The quantitative estimate of drug-likeness (QED) is 0.884. The molecule has 1 aromatic heterocycles. The number of nitrogens with zero attached hydrogens (tertiary/aromatic N) is 4. The molecule has 4 rings (SSSR count). The Morgan fingerprint density at radius 1 is 1.15 bits per heavy atom. The molecule has 0 spiro atoms. The zero-order chi connectivity index (χ0) is 18.8. The molecule has 6 heteroatoms.